The summed E-state index contributed by atoms with van der Waals surface area (Å²) < 4.78 is 5.33. The van der Waals surface area contributed by atoms with Crippen LogP contribution in [-0.4, -0.2) is 60.2 Å². The van der Waals surface area contributed by atoms with Gasteiger partial charge in [0.25, 0.3) is 5.91 Å². The lowest BCUT2D eigenvalue weighted by Gasteiger charge is -2.26. The zero-order valence-corrected chi connectivity index (χ0v) is 15.5. The molecule has 0 aliphatic carbocycles. The number of hydrazine groups is 1. The summed E-state index contributed by atoms with van der Waals surface area (Å²) in [5.74, 6) is 0.424. The van der Waals surface area contributed by atoms with Gasteiger partial charge in [0, 0.05) is 26.2 Å². The van der Waals surface area contributed by atoms with E-state index < -0.39 is 0 Å². The molecule has 9 nitrogen and oxygen atoms in total. The van der Waals surface area contributed by atoms with Gasteiger partial charge in [-0.2, -0.15) is 0 Å². The maximum absolute atomic E-state index is 12.2. The van der Waals surface area contributed by atoms with Crippen LogP contribution in [0.2, 0.25) is 5.02 Å². The van der Waals surface area contributed by atoms with E-state index in [2.05, 4.69) is 31.0 Å². The highest BCUT2D eigenvalue weighted by Crippen LogP contribution is 2.22. The number of aromatic nitrogens is 2. The summed E-state index contributed by atoms with van der Waals surface area (Å²) in [6, 6.07) is 6.76. The van der Waals surface area contributed by atoms with Crippen LogP contribution in [0.25, 0.3) is 0 Å². The summed E-state index contributed by atoms with van der Waals surface area (Å²) in [6.45, 7) is 4.90. The number of benzene rings is 1. The van der Waals surface area contributed by atoms with E-state index in [0.717, 1.165) is 32.8 Å². The number of halogens is 1. The van der Waals surface area contributed by atoms with Crippen molar-refractivity contribution in [3.63, 3.8) is 0 Å². The highest BCUT2D eigenvalue weighted by atomic mass is 35.5. The Morgan fingerprint density at radius 1 is 1.22 bits per heavy atom. The number of hydrogen-bond acceptors (Lipinski definition) is 8. The molecule has 0 radical (unpaired) electrons. The van der Waals surface area contributed by atoms with E-state index in [0.29, 0.717) is 34.5 Å². The number of nitrogen functional groups attached to an aromatic ring is 1. The van der Waals surface area contributed by atoms with E-state index in [1.54, 1.807) is 24.3 Å². The average molecular weight is 392 g/mol. The van der Waals surface area contributed by atoms with Crippen molar-refractivity contribution >= 4 is 34.8 Å². The first-order chi connectivity index (χ1) is 13.1. The van der Waals surface area contributed by atoms with Gasteiger partial charge in [-0.1, -0.05) is 23.7 Å². The molecule has 5 N–H and O–H groups in total. The Bertz CT molecular complexity index is 784. The number of amides is 1. The molecular weight excluding hydrogens is 370 g/mol. The van der Waals surface area contributed by atoms with E-state index in [-0.39, 0.29) is 5.91 Å². The minimum Gasteiger partial charge on any atom is -0.393 e. The number of ether oxygens (including phenoxy) is 1. The molecule has 144 valence electrons. The Morgan fingerprint density at radius 3 is 2.74 bits per heavy atom. The summed E-state index contributed by atoms with van der Waals surface area (Å²) in [7, 11) is 0. The Hall–Kier alpha value is -2.62. The number of morpholine rings is 1. The number of rotatable bonds is 7. The number of nitrogens with zero attached hydrogens (tertiary/aromatic N) is 3. The first kappa shape index (κ1) is 19.2. The number of nitrogens with two attached hydrogens (primary N) is 1. The van der Waals surface area contributed by atoms with Crippen LogP contribution >= 0.6 is 11.6 Å². The number of anilines is 3. The fraction of sp³-hybridized carbons (Fsp3) is 0.353. The van der Waals surface area contributed by atoms with Gasteiger partial charge in [0.05, 0.1) is 23.8 Å². The van der Waals surface area contributed by atoms with Gasteiger partial charge in [-0.3, -0.25) is 20.5 Å². The Balaban J connectivity index is 1.54. The summed E-state index contributed by atoms with van der Waals surface area (Å²) in [5, 5.41) is 3.56. The molecular formula is C17H22ClN7O2. The Kier molecular flexibility index (Phi) is 6.64. The second kappa shape index (κ2) is 9.36. The Morgan fingerprint density at radius 2 is 1.96 bits per heavy atom. The van der Waals surface area contributed by atoms with Crippen LogP contribution in [0, 0.1) is 0 Å². The van der Waals surface area contributed by atoms with Gasteiger partial charge >= 0.3 is 0 Å². The molecule has 2 heterocycles. The average Bonchev–Trinajstić information content (AvgIpc) is 2.69. The summed E-state index contributed by atoms with van der Waals surface area (Å²) in [4.78, 5) is 22.7. The molecule has 0 saturated carbocycles. The van der Waals surface area contributed by atoms with Gasteiger partial charge < -0.3 is 15.8 Å². The SMILES string of the molecule is Nc1c(NCCN2CCOCC2)ncnc1NNC(=O)c1ccccc1Cl. The van der Waals surface area contributed by atoms with Crippen LogP contribution in [0.1, 0.15) is 10.4 Å². The van der Waals surface area contributed by atoms with Gasteiger partial charge in [-0.15, -0.1) is 0 Å². The number of hydrogen-bond donors (Lipinski definition) is 4. The number of carbonyl (C=O) groups excluding carboxylic acids is 1. The Labute approximate surface area is 162 Å². The van der Waals surface area contributed by atoms with Crippen molar-refractivity contribution < 1.29 is 9.53 Å². The van der Waals surface area contributed by atoms with Gasteiger partial charge in [-0.25, -0.2) is 9.97 Å². The fourth-order valence-corrected chi connectivity index (χ4v) is 2.84. The molecule has 0 spiro atoms. The topological polar surface area (TPSA) is 117 Å². The maximum atomic E-state index is 12.2. The normalized spacial score (nSPS) is 14.6. The third kappa shape index (κ3) is 5.19. The van der Waals surface area contributed by atoms with Crippen LogP contribution in [-0.2, 0) is 4.74 Å². The molecule has 3 rings (SSSR count). The van der Waals surface area contributed by atoms with E-state index in [1.807, 2.05) is 0 Å². The highest BCUT2D eigenvalue weighted by Gasteiger charge is 2.13. The lowest BCUT2D eigenvalue weighted by Crippen LogP contribution is -2.39. The molecule has 1 aromatic carbocycles. The molecule has 27 heavy (non-hydrogen) atoms. The second-order valence-corrected chi connectivity index (χ2v) is 6.33. The quantitative estimate of drug-likeness (QED) is 0.520. The van der Waals surface area contributed by atoms with E-state index in [4.69, 9.17) is 22.1 Å². The number of carbonyl (C=O) groups is 1. The van der Waals surface area contributed by atoms with Crippen molar-refractivity contribution in [2.75, 3.05) is 55.9 Å². The molecule has 0 unspecified atom stereocenters. The highest BCUT2D eigenvalue weighted by molar-refractivity contribution is 6.33. The molecule has 1 fully saturated rings. The van der Waals surface area contributed by atoms with Gasteiger partial charge in [0.1, 0.15) is 12.0 Å². The summed E-state index contributed by atoms with van der Waals surface area (Å²) in [6.07, 6.45) is 1.37. The fourth-order valence-electron chi connectivity index (χ4n) is 2.62. The van der Waals surface area contributed by atoms with Crippen molar-refractivity contribution in [3.05, 3.63) is 41.2 Å². The third-order valence-corrected chi connectivity index (χ3v) is 4.45. The predicted molar refractivity (Wildman–Crippen MR) is 105 cm³/mol. The first-order valence-corrected chi connectivity index (χ1v) is 8.98. The minimum atomic E-state index is -0.388. The van der Waals surface area contributed by atoms with Crippen LogP contribution in [0.3, 0.4) is 0 Å². The third-order valence-electron chi connectivity index (χ3n) is 4.12. The van der Waals surface area contributed by atoms with Gasteiger partial charge in [-0.05, 0) is 12.1 Å². The lowest BCUT2D eigenvalue weighted by molar-refractivity contribution is 0.0398. The van der Waals surface area contributed by atoms with E-state index >= 15 is 0 Å². The van der Waals surface area contributed by atoms with Crippen LogP contribution < -0.4 is 21.9 Å². The second-order valence-electron chi connectivity index (χ2n) is 5.92. The molecule has 1 aliphatic heterocycles. The van der Waals surface area contributed by atoms with Crippen LogP contribution in [0.4, 0.5) is 17.3 Å². The maximum Gasteiger partial charge on any atom is 0.271 e. The molecule has 1 aromatic heterocycles. The van der Waals surface area contributed by atoms with E-state index in [1.165, 1.54) is 6.33 Å². The molecule has 10 heteroatoms. The van der Waals surface area contributed by atoms with Crippen molar-refractivity contribution in [2.45, 2.75) is 0 Å². The molecule has 1 saturated heterocycles. The first-order valence-electron chi connectivity index (χ1n) is 8.60. The molecule has 2 aromatic rings. The van der Waals surface area contributed by atoms with Crippen molar-refractivity contribution in [1.82, 2.24) is 20.3 Å². The van der Waals surface area contributed by atoms with Crippen molar-refractivity contribution in [3.8, 4) is 0 Å². The largest absolute Gasteiger partial charge is 0.393 e. The smallest absolute Gasteiger partial charge is 0.271 e. The molecule has 1 amide bonds. The zero-order valence-electron chi connectivity index (χ0n) is 14.7. The van der Waals surface area contributed by atoms with E-state index in [9.17, 15) is 4.79 Å². The predicted octanol–water partition coefficient (Wildman–Crippen LogP) is 1.21. The number of nitrogens with one attached hydrogen (secondary N) is 3. The molecule has 1 aliphatic rings. The lowest BCUT2D eigenvalue weighted by atomic mass is 10.2. The molecule has 0 atom stereocenters. The summed E-state index contributed by atoms with van der Waals surface area (Å²) in [5.41, 5.74) is 12.0. The van der Waals surface area contributed by atoms with Crippen LogP contribution in [0.5, 0.6) is 0 Å². The van der Waals surface area contributed by atoms with Crippen LogP contribution in [0.15, 0.2) is 30.6 Å². The minimum absolute atomic E-state index is 0.305. The van der Waals surface area contributed by atoms with Crippen molar-refractivity contribution in [2.24, 2.45) is 0 Å². The molecule has 0 bridgehead atoms. The summed E-state index contributed by atoms with van der Waals surface area (Å²) >= 11 is 6.02. The van der Waals surface area contributed by atoms with Crippen molar-refractivity contribution in [1.29, 1.82) is 0 Å². The standard InChI is InChI=1S/C17H22ClN7O2/c18-13-4-2-1-3-12(13)17(26)24-23-16-14(19)15(21-11-22-16)20-5-6-25-7-9-27-10-8-25/h1-4,11H,5-10,19H2,(H,24,26)(H2,20,21,22,23). The zero-order chi connectivity index (χ0) is 19.1. The van der Waals surface area contributed by atoms with Gasteiger partial charge in [0.2, 0.25) is 0 Å². The van der Waals surface area contributed by atoms with Gasteiger partial charge in [0.15, 0.2) is 11.6 Å². The monoisotopic (exact) mass is 391 g/mol.